The molecule has 0 saturated carbocycles. The van der Waals surface area contributed by atoms with Gasteiger partial charge in [0.25, 0.3) is 6.43 Å². The Kier molecular flexibility index (Phi) is 3.77. The highest BCUT2D eigenvalue weighted by atomic mass is 19.4. The van der Waals surface area contributed by atoms with E-state index in [-0.39, 0.29) is 17.1 Å². The first-order valence-corrected chi connectivity index (χ1v) is 7.15. The third kappa shape index (κ3) is 2.77. The fourth-order valence-corrected chi connectivity index (χ4v) is 2.93. The number of alkyl halides is 5. The lowest BCUT2D eigenvalue weighted by Crippen LogP contribution is -2.11. The van der Waals surface area contributed by atoms with Crippen molar-refractivity contribution in [2.75, 3.05) is 5.73 Å². The van der Waals surface area contributed by atoms with Gasteiger partial charge >= 0.3 is 6.18 Å². The Hall–Kier alpha value is -2.12. The van der Waals surface area contributed by atoms with E-state index in [9.17, 15) is 22.0 Å². The number of rotatable bonds is 2. The topological polar surface area (TPSA) is 43.8 Å². The Morgan fingerprint density at radius 3 is 2.43 bits per heavy atom. The molecular weight excluding hydrogens is 317 g/mol. The number of aromatic nitrogens is 2. The van der Waals surface area contributed by atoms with Crippen molar-refractivity contribution >= 4 is 5.69 Å². The molecule has 0 bridgehead atoms. The van der Waals surface area contributed by atoms with Gasteiger partial charge in [0.15, 0.2) is 0 Å². The SMILES string of the molecule is Nc1cc(C(F)(F)F)ccc1-n1nc(C(F)F)c2c1CCCC2. The van der Waals surface area contributed by atoms with E-state index in [0.29, 0.717) is 24.1 Å². The van der Waals surface area contributed by atoms with Crippen LogP contribution in [-0.2, 0) is 19.0 Å². The molecule has 1 aromatic carbocycles. The summed E-state index contributed by atoms with van der Waals surface area (Å²) in [5, 5.41) is 3.92. The van der Waals surface area contributed by atoms with Gasteiger partial charge in [-0.2, -0.15) is 18.3 Å². The number of nitrogens with zero attached hydrogens (tertiary/aromatic N) is 2. The van der Waals surface area contributed by atoms with Gasteiger partial charge < -0.3 is 5.73 Å². The van der Waals surface area contributed by atoms with Crippen LogP contribution in [0.1, 0.15) is 41.8 Å². The Labute approximate surface area is 128 Å². The van der Waals surface area contributed by atoms with Gasteiger partial charge in [0.05, 0.1) is 16.9 Å². The summed E-state index contributed by atoms with van der Waals surface area (Å²) in [4.78, 5) is 0. The zero-order valence-electron chi connectivity index (χ0n) is 12.0. The average molecular weight is 331 g/mol. The minimum absolute atomic E-state index is 0.142. The summed E-state index contributed by atoms with van der Waals surface area (Å²) >= 11 is 0. The third-order valence-corrected chi connectivity index (χ3v) is 4.00. The number of fused-ring (bicyclic) bond motifs is 1. The van der Waals surface area contributed by atoms with Gasteiger partial charge in [0, 0.05) is 11.3 Å². The number of nitrogen functional groups attached to an aromatic ring is 1. The van der Waals surface area contributed by atoms with Crippen molar-refractivity contribution in [1.82, 2.24) is 9.78 Å². The molecule has 0 atom stereocenters. The number of hydrogen-bond donors (Lipinski definition) is 1. The molecule has 0 saturated heterocycles. The standard InChI is InChI=1S/C15H14F5N3/c16-14(17)13-9-3-1-2-4-11(9)23(22-13)12-6-5-8(7-10(12)21)15(18,19)20/h5-7,14H,1-4,21H2. The second-order valence-corrected chi connectivity index (χ2v) is 5.50. The van der Waals surface area contributed by atoms with Crippen LogP contribution >= 0.6 is 0 Å². The molecule has 23 heavy (non-hydrogen) atoms. The van der Waals surface area contributed by atoms with E-state index in [4.69, 9.17) is 5.73 Å². The monoisotopic (exact) mass is 331 g/mol. The van der Waals surface area contributed by atoms with Crippen molar-refractivity contribution < 1.29 is 22.0 Å². The second-order valence-electron chi connectivity index (χ2n) is 5.50. The lowest BCUT2D eigenvalue weighted by Gasteiger charge is -2.16. The second kappa shape index (κ2) is 5.50. The highest BCUT2D eigenvalue weighted by Gasteiger charge is 2.32. The van der Waals surface area contributed by atoms with E-state index in [0.717, 1.165) is 25.0 Å². The smallest absolute Gasteiger partial charge is 0.397 e. The molecule has 1 aliphatic carbocycles. The lowest BCUT2D eigenvalue weighted by molar-refractivity contribution is -0.137. The maximum atomic E-state index is 13.1. The largest absolute Gasteiger partial charge is 0.416 e. The first-order chi connectivity index (χ1) is 10.8. The number of benzene rings is 1. The summed E-state index contributed by atoms with van der Waals surface area (Å²) in [5.41, 5.74) is 5.69. The molecule has 2 aromatic rings. The highest BCUT2D eigenvalue weighted by molar-refractivity contribution is 5.60. The quantitative estimate of drug-likeness (QED) is 0.659. The maximum absolute atomic E-state index is 13.1. The molecule has 0 spiro atoms. The molecule has 0 fully saturated rings. The van der Waals surface area contributed by atoms with Crippen molar-refractivity contribution in [3.05, 3.63) is 40.7 Å². The predicted molar refractivity (Wildman–Crippen MR) is 74.6 cm³/mol. The summed E-state index contributed by atoms with van der Waals surface area (Å²) in [5.74, 6) is 0. The predicted octanol–water partition coefficient (Wildman–Crippen LogP) is 4.29. The zero-order chi connectivity index (χ0) is 16.8. The maximum Gasteiger partial charge on any atom is 0.416 e. The van der Waals surface area contributed by atoms with Crippen LogP contribution in [0.4, 0.5) is 27.6 Å². The number of halogens is 5. The summed E-state index contributed by atoms with van der Waals surface area (Å²) in [7, 11) is 0. The Morgan fingerprint density at radius 1 is 1.13 bits per heavy atom. The Balaban J connectivity index is 2.12. The first-order valence-electron chi connectivity index (χ1n) is 7.15. The average Bonchev–Trinajstić information content (AvgIpc) is 2.86. The minimum Gasteiger partial charge on any atom is -0.397 e. The van der Waals surface area contributed by atoms with Gasteiger partial charge in [0.1, 0.15) is 5.69 Å². The molecule has 0 aliphatic heterocycles. The van der Waals surface area contributed by atoms with Crippen molar-refractivity contribution in [2.24, 2.45) is 0 Å². The van der Waals surface area contributed by atoms with Gasteiger partial charge in [-0.3, -0.25) is 0 Å². The van der Waals surface area contributed by atoms with Crippen molar-refractivity contribution in [2.45, 2.75) is 38.3 Å². The van der Waals surface area contributed by atoms with Crippen LogP contribution in [0.5, 0.6) is 0 Å². The van der Waals surface area contributed by atoms with E-state index >= 15 is 0 Å². The zero-order valence-corrected chi connectivity index (χ0v) is 12.0. The van der Waals surface area contributed by atoms with Crippen LogP contribution in [0.15, 0.2) is 18.2 Å². The van der Waals surface area contributed by atoms with Gasteiger partial charge in [-0.05, 0) is 43.9 Å². The molecular formula is C15H14F5N3. The summed E-state index contributed by atoms with van der Waals surface area (Å²) < 4.78 is 65.7. The highest BCUT2D eigenvalue weighted by Crippen LogP contribution is 2.35. The summed E-state index contributed by atoms with van der Waals surface area (Å²) in [6.07, 6.45) is -4.57. The van der Waals surface area contributed by atoms with Crippen LogP contribution in [-0.4, -0.2) is 9.78 Å². The van der Waals surface area contributed by atoms with E-state index < -0.39 is 18.2 Å². The minimum atomic E-state index is -4.51. The summed E-state index contributed by atoms with van der Waals surface area (Å²) in [6.45, 7) is 0. The summed E-state index contributed by atoms with van der Waals surface area (Å²) in [6, 6.07) is 2.86. The third-order valence-electron chi connectivity index (χ3n) is 4.00. The first kappa shape index (κ1) is 15.8. The van der Waals surface area contributed by atoms with Crippen molar-refractivity contribution in [3.63, 3.8) is 0 Å². The van der Waals surface area contributed by atoms with E-state index in [1.165, 1.54) is 10.7 Å². The molecule has 1 aromatic heterocycles. The Bertz CT molecular complexity index is 733. The number of nitrogens with two attached hydrogens (primary N) is 1. The molecule has 1 heterocycles. The van der Waals surface area contributed by atoms with E-state index in [1.54, 1.807) is 0 Å². The molecule has 8 heteroatoms. The molecule has 0 radical (unpaired) electrons. The fraction of sp³-hybridized carbons (Fsp3) is 0.400. The molecule has 3 rings (SSSR count). The van der Waals surface area contributed by atoms with E-state index in [2.05, 4.69) is 5.10 Å². The molecule has 0 unspecified atom stereocenters. The van der Waals surface area contributed by atoms with Crippen LogP contribution in [0.25, 0.3) is 5.69 Å². The lowest BCUT2D eigenvalue weighted by atomic mass is 9.95. The van der Waals surface area contributed by atoms with Gasteiger partial charge in [-0.1, -0.05) is 0 Å². The number of hydrogen-bond acceptors (Lipinski definition) is 2. The van der Waals surface area contributed by atoms with Gasteiger partial charge in [-0.15, -0.1) is 0 Å². The van der Waals surface area contributed by atoms with Crippen molar-refractivity contribution in [3.8, 4) is 5.69 Å². The van der Waals surface area contributed by atoms with Crippen LogP contribution in [0, 0.1) is 0 Å². The Morgan fingerprint density at radius 2 is 1.83 bits per heavy atom. The fourth-order valence-electron chi connectivity index (χ4n) is 2.93. The van der Waals surface area contributed by atoms with E-state index in [1.807, 2.05) is 0 Å². The number of anilines is 1. The molecule has 1 aliphatic rings. The molecule has 0 amide bonds. The van der Waals surface area contributed by atoms with Gasteiger partial charge in [-0.25, -0.2) is 13.5 Å². The molecule has 124 valence electrons. The van der Waals surface area contributed by atoms with Crippen molar-refractivity contribution in [1.29, 1.82) is 0 Å². The van der Waals surface area contributed by atoms with Gasteiger partial charge in [0.2, 0.25) is 0 Å². The molecule has 2 N–H and O–H groups in total. The normalized spacial score (nSPS) is 15.0. The van der Waals surface area contributed by atoms with Crippen LogP contribution in [0.2, 0.25) is 0 Å². The van der Waals surface area contributed by atoms with Crippen LogP contribution in [0.3, 0.4) is 0 Å². The van der Waals surface area contributed by atoms with Crippen LogP contribution < -0.4 is 5.73 Å². The molecule has 3 nitrogen and oxygen atoms in total.